The SMILES string of the molecule is CCC(C=O)CCCCNC(=O)OC(C)(C)C.COC=O.Cc1ccc(NC(=O)[C@@H]2[C@H](c3ccccc3)CCN2C)cc1Cl. The van der Waals surface area contributed by atoms with Crippen LogP contribution >= 0.6 is 11.6 Å². The number of anilines is 1. The van der Waals surface area contributed by atoms with Gasteiger partial charge in [0.2, 0.25) is 5.91 Å². The second-order valence-electron chi connectivity index (χ2n) is 11.7. The van der Waals surface area contributed by atoms with E-state index in [1.165, 1.54) is 12.7 Å². The van der Waals surface area contributed by atoms with Gasteiger partial charge in [-0.1, -0.05) is 61.3 Å². The highest BCUT2D eigenvalue weighted by molar-refractivity contribution is 6.31. The van der Waals surface area contributed by atoms with Crippen LogP contribution in [0.5, 0.6) is 0 Å². The van der Waals surface area contributed by atoms with Crippen molar-refractivity contribution < 1.29 is 28.7 Å². The van der Waals surface area contributed by atoms with Gasteiger partial charge in [0.05, 0.1) is 13.2 Å². The number of ether oxygens (including phenoxy) is 2. The van der Waals surface area contributed by atoms with E-state index < -0.39 is 5.60 Å². The van der Waals surface area contributed by atoms with Crippen LogP contribution in [0.3, 0.4) is 0 Å². The first-order chi connectivity index (χ1) is 20.9. The number of unbranched alkanes of at least 4 members (excludes halogenated alkanes) is 1. The van der Waals surface area contributed by atoms with Crippen molar-refractivity contribution in [3.05, 3.63) is 64.7 Å². The average molecular weight is 632 g/mol. The number of likely N-dealkylation sites (tertiary alicyclic amines) is 1. The van der Waals surface area contributed by atoms with Crippen LogP contribution in [-0.4, -0.2) is 68.5 Å². The number of carbonyl (C=O) groups excluding carboxylic acids is 4. The van der Waals surface area contributed by atoms with Crippen LogP contribution < -0.4 is 10.6 Å². The molecule has 0 aromatic heterocycles. The fraction of sp³-hybridized carbons (Fsp3) is 0.529. The number of aryl methyl sites for hydroxylation is 1. The Morgan fingerprint density at radius 3 is 2.32 bits per heavy atom. The molecule has 1 saturated heterocycles. The van der Waals surface area contributed by atoms with Crippen LogP contribution in [0.15, 0.2) is 48.5 Å². The fourth-order valence-corrected chi connectivity index (χ4v) is 4.85. The molecule has 44 heavy (non-hydrogen) atoms. The molecule has 1 aliphatic rings. The van der Waals surface area contributed by atoms with E-state index in [-0.39, 0.29) is 29.9 Å². The second kappa shape index (κ2) is 20.5. The number of hydrogen-bond donors (Lipinski definition) is 2. The van der Waals surface area contributed by atoms with Crippen LogP contribution in [0.1, 0.15) is 76.8 Å². The molecule has 0 spiro atoms. The number of hydrogen-bond acceptors (Lipinski definition) is 7. The lowest BCUT2D eigenvalue weighted by Crippen LogP contribution is -2.40. The van der Waals surface area contributed by atoms with Gasteiger partial charge >= 0.3 is 6.09 Å². The first-order valence-electron chi connectivity index (χ1n) is 15.1. The Bertz CT molecular complexity index is 1160. The number of amides is 2. The zero-order valence-electron chi connectivity index (χ0n) is 27.2. The summed E-state index contributed by atoms with van der Waals surface area (Å²) in [5, 5.41) is 6.39. The third-order valence-corrected chi connectivity index (χ3v) is 7.47. The van der Waals surface area contributed by atoms with E-state index in [4.69, 9.17) is 21.1 Å². The summed E-state index contributed by atoms with van der Waals surface area (Å²) in [5.74, 6) is 0.414. The predicted octanol–water partition coefficient (Wildman–Crippen LogP) is 6.77. The fourth-order valence-electron chi connectivity index (χ4n) is 4.67. The molecule has 0 bridgehead atoms. The van der Waals surface area contributed by atoms with Crippen LogP contribution in [0.2, 0.25) is 5.02 Å². The lowest BCUT2D eigenvalue weighted by atomic mass is 9.91. The van der Waals surface area contributed by atoms with Gasteiger partial charge in [0, 0.05) is 29.1 Å². The molecule has 2 amide bonds. The number of halogens is 1. The molecule has 1 unspecified atom stereocenters. The quantitative estimate of drug-likeness (QED) is 0.208. The topological polar surface area (TPSA) is 114 Å². The molecule has 2 aromatic carbocycles. The van der Waals surface area contributed by atoms with Crippen LogP contribution in [0, 0.1) is 12.8 Å². The van der Waals surface area contributed by atoms with E-state index in [9.17, 15) is 14.4 Å². The molecule has 3 rings (SSSR count). The minimum absolute atomic E-state index is 0.0266. The molecule has 1 aliphatic heterocycles. The van der Waals surface area contributed by atoms with Gasteiger partial charge in [0.1, 0.15) is 11.9 Å². The minimum atomic E-state index is -0.449. The molecule has 3 atom stereocenters. The predicted molar refractivity (Wildman–Crippen MR) is 176 cm³/mol. The van der Waals surface area contributed by atoms with Gasteiger partial charge in [-0.05, 0) is 90.2 Å². The van der Waals surface area contributed by atoms with Crippen molar-refractivity contribution in [2.75, 3.05) is 32.6 Å². The highest BCUT2D eigenvalue weighted by atomic mass is 35.5. The number of benzene rings is 2. The Hall–Kier alpha value is -3.43. The lowest BCUT2D eigenvalue weighted by Gasteiger charge is -2.24. The third kappa shape index (κ3) is 14.8. The monoisotopic (exact) mass is 631 g/mol. The Labute approximate surface area is 268 Å². The van der Waals surface area contributed by atoms with Crippen LogP contribution in [0.4, 0.5) is 10.5 Å². The highest BCUT2D eigenvalue weighted by Gasteiger charge is 2.38. The van der Waals surface area contributed by atoms with Crippen molar-refractivity contribution in [3.63, 3.8) is 0 Å². The first-order valence-corrected chi connectivity index (χ1v) is 15.4. The normalized spacial score (nSPS) is 16.6. The highest BCUT2D eigenvalue weighted by Crippen LogP contribution is 2.33. The zero-order chi connectivity index (χ0) is 33.1. The summed E-state index contributed by atoms with van der Waals surface area (Å²) in [4.78, 5) is 45.7. The number of rotatable bonds is 11. The number of nitrogens with zero attached hydrogens (tertiary/aromatic N) is 1. The number of likely N-dealkylation sites (N-methyl/N-ethyl adjacent to an activating group) is 1. The van der Waals surface area contributed by atoms with Gasteiger partial charge in [-0.3, -0.25) is 14.5 Å². The first kappa shape index (κ1) is 38.6. The lowest BCUT2D eigenvalue weighted by molar-refractivity contribution is -0.126. The van der Waals surface area contributed by atoms with Crippen molar-refractivity contribution in [3.8, 4) is 0 Å². The van der Waals surface area contributed by atoms with Crippen molar-refractivity contribution in [1.29, 1.82) is 0 Å². The maximum atomic E-state index is 12.8. The molecular formula is C34H50ClN3O6. The summed E-state index contributed by atoms with van der Waals surface area (Å²) in [6.45, 7) is 11.4. The van der Waals surface area contributed by atoms with Crippen LogP contribution in [-0.2, 0) is 23.9 Å². The molecule has 1 fully saturated rings. The smallest absolute Gasteiger partial charge is 0.407 e. The molecule has 1 heterocycles. The Kier molecular flexibility index (Phi) is 18.0. The van der Waals surface area contributed by atoms with Gasteiger partial charge in [-0.2, -0.15) is 0 Å². The number of alkyl carbamates (subject to hydrolysis) is 1. The molecule has 10 heteroatoms. The van der Waals surface area contributed by atoms with Gasteiger partial charge in [0.25, 0.3) is 6.47 Å². The van der Waals surface area contributed by atoms with Gasteiger partial charge in [-0.15, -0.1) is 0 Å². The van der Waals surface area contributed by atoms with Crippen molar-refractivity contribution >= 4 is 42.0 Å². The summed E-state index contributed by atoms with van der Waals surface area (Å²) in [6.07, 6.45) is 5.25. The third-order valence-electron chi connectivity index (χ3n) is 7.07. The van der Waals surface area contributed by atoms with E-state index in [1.54, 1.807) is 6.07 Å². The molecule has 2 N–H and O–H groups in total. The van der Waals surface area contributed by atoms with Crippen molar-refractivity contribution in [2.45, 2.75) is 84.3 Å². The molecule has 0 radical (unpaired) electrons. The number of nitrogens with one attached hydrogen (secondary N) is 2. The van der Waals surface area contributed by atoms with Crippen molar-refractivity contribution in [1.82, 2.24) is 10.2 Å². The van der Waals surface area contributed by atoms with E-state index in [0.29, 0.717) is 18.0 Å². The van der Waals surface area contributed by atoms with E-state index in [2.05, 4.69) is 32.4 Å². The number of methoxy groups -OCH3 is 1. The zero-order valence-corrected chi connectivity index (χ0v) is 28.0. The van der Waals surface area contributed by atoms with E-state index >= 15 is 0 Å². The average Bonchev–Trinajstić information content (AvgIpc) is 3.38. The summed E-state index contributed by atoms with van der Waals surface area (Å²) >= 11 is 6.15. The van der Waals surface area contributed by atoms with Crippen LogP contribution in [0.25, 0.3) is 0 Å². The molecule has 0 aliphatic carbocycles. The van der Waals surface area contributed by atoms with Crippen molar-refractivity contribution in [2.24, 2.45) is 5.92 Å². The van der Waals surface area contributed by atoms with Gasteiger partial charge in [-0.25, -0.2) is 4.79 Å². The number of aldehydes is 1. The maximum Gasteiger partial charge on any atom is 0.407 e. The minimum Gasteiger partial charge on any atom is -0.471 e. The number of carbonyl (C=O) groups is 4. The van der Waals surface area contributed by atoms with Gasteiger partial charge in [0.15, 0.2) is 0 Å². The largest absolute Gasteiger partial charge is 0.471 e. The summed E-state index contributed by atoms with van der Waals surface area (Å²) < 4.78 is 8.96. The summed E-state index contributed by atoms with van der Waals surface area (Å²) in [7, 11) is 3.32. The summed E-state index contributed by atoms with van der Waals surface area (Å²) in [6, 6.07) is 15.7. The molecular weight excluding hydrogens is 582 g/mol. The Balaban J connectivity index is 0.000000409. The summed E-state index contributed by atoms with van der Waals surface area (Å²) in [5.41, 5.74) is 2.52. The van der Waals surface area contributed by atoms with E-state index in [1.807, 2.05) is 72.0 Å². The Morgan fingerprint density at radius 1 is 1.11 bits per heavy atom. The Morgan fingerprint density at radius 2 is 1.77 bits per heavy atom. The standard InChI is InChI=1S/C19H21ClN2O.C13H25NO3.C2H4O2/c1-13-8-9-15(12-17(13)20)21-19(23)18-16(10-11-22(18)2)14-6-4-3-5-7-14;1-5-11(10-15)8-6-7-9-14-12(16)17-13(2,3)4;1-4-2-3/h3-9,12,16,18H,10-11H2,1-2H3,(H,21,23);10-11H,5-9H2,1-4H3,(H,14,16);2H,1H3/t16-,18-;;/m0../s1. The van der Waals surface area contributed by atoms with E-state index in [0.717, 1.165) is 56.2 Å². The maximum absolute atomic E-state index is 12.8. The van der Waals surface area contributed by atoms with Gasteiger partial charge < -0.3 is 24.9 Å². The second-order valence-corrected chi connectivity index (χ2v) is 12.2. The molecule has 9 nitrogen and oxygen atoms in total. The molecule has 244 valence electrons. The molecule has 0 saturated carbocycles. The molecule has 2 aromatic rings.